The van der Waals surface area contributed by atoms with Crippen LogP contribution in [0.25, 0.3) is 0 Å². The van der Waals surface area contributed by atoms with E-state index in [1.54, 1.807) is 12.1 Å². The number of alkyl halides is 3. The highest BCUT2D eigenvalue weighted by molar-refractivity contribution is 9.10. The Hall–Kier alpha value is -1.78. The number of fused-ring (bicyclic) bond motifs is 1. The molecule has 0 saturated heterocycles. The largest absolute Gasteiger partial charge is 0.486 e. The maximum atomic E-state index is 13.1. The Labute approximate surface area is 162 Å². The standard InChI is InChI=1S/C17H15BrF3NO4S/c18-12-4-5-16-15(9-12)22(10-13(26-16)6-7-23)27(24,25)14-3-1-2-11(8-14)17(19,20)21/h1-5,8-9,13,23H,6-7,10H2/t13-/m0/s1. The molecule has 1 heterocycles. The zero-order valence-corrected chi connectivity index (χ0v) is 16.2. The van der Waals surface area contributed by atoms with Crippen molar-refractivity contribution in [2.45, 2.75) is 23.6 Å². The molecule has 3 rings (SSSR count). The molecule has 2 aromatic rings. The third kappa shape index (κ3) is 4.07. The molecule has 0 radical (unpaired) electrons. The van der Waals surface area contributed by atoms with Crippen LogP contribution in [0.3, 0.4) is 0 Å². The van der Waals surface area contributed by atoms with Gasteiger partial charge in [-0.1, -0.05) is 22.0 Å². The molecule has 5 nitrogen and oxygen atoms in total. The van der Waals surface area contributed by atoms with Crippen LogP contribution in [0.4, 0.5) is 18.9 Å². The van der Waals surface area contributed by atoms with Crippen molar-refractivity contribution in [1.29, 1.82) is 0 Å². The lowest BCUT2D eigenvalue weighted by atomic mass is 10.2. The zero-order chi connectivity index (χ0) is 19.8. The number of aliphatic hydroxyl groups is 1. The first-order chi connectivity index (χ1) is 12.6. The van der Waals surface area contributed by atoms with Crippen molar-refractivity contribution >= 4 is 31.6 Å². The second-order valence-electron chi connectivity index (χ2n) is 5.93. The number of halogens is 4. The fourth-order valence-corrected chi connectivity index (χ4v) is 4.66. The number of rotatable bonds is 4. The number of hydrogen-bond acceptors (Lipinski definition) is 4. The predicted octanol–water partition coefficient (Wildman–Crippen LogP) is 3.81. The van der Waals surface area contributed by atoms with Gasteiger partial charge in [0.05, 0.1) is 22.7 Å². The van der Waals surface area contributed by atoms with Crippen molar-refractivity contribution in [2.24, 2.45) is 0 Å². The van der Waals surface area contributed by atoms with Crippen LogP contribution in [0, 0.1) is 0 Å². The smallest absolute Gasteiger partial charge is 0.416 e. The third-order valence-electron chi connectivity index (χ3n) is 4.05. The molecule has 0 aromatic heterocycles. The van der Waals surface area contributed by atoms with Gasteiger partial charge in [-0.05, 0) is 36.4 Å². The van der Waals surface area contributed by atoms with E-state index in [4.69, 9.17) is 9.84 Å². The molecule has 0 amide bonds. The van der Waals surface area contributed by atoms with Crippen LogP contribution in [-0.4, -0.2) is 32.8 Å². The van der Waals surface area contributed by atoms with Crippen LogP contribution >= 0.6 is 15.9 Å². The van der Waals surface area contributed by atoms with Gasteiger partial charge in [-0.25, -0.2) is 8.42 Å². The fourth-order valence-electron chi connectivity index (χ4n) is 2.77. The highest BCUT2D eigenvalue weighted by Gasteiger charge is 2.36. The van der Waals surface area contributed by atoms with Crippen molar-refractivity contribution in [2.75, 3.05) is 17.5 Å². The molecule has 1 aliphatic rings. The molecule has 0 unspecified atom stereocenters. The summed E-state index contributed by atoms with van der Waals surface area (Å²) < 4.78 is 72.5. The first kappa shape index (κ1) is 20.0. The predicted molar refractivity (Wildman–Crippen MR) is 96.2 cm³/mol. The first-order valence-corrected chi connectivity index (χ1v) is 10.1. The lowest BCUT2D eigenvalue weighted by Crippen LogP contribution is -2.44. The molecule has 2 aromatic carbocycles. The number of ether oxygens (including phenoxy) is 1. The van der Waals surface area contributed by atoms with Crippen LogP contribution in [0.15, 0.2) is 51.8 Å². The lowest BCUT2D eigenvalue weighted by molar-refractivity contribution is -0.137. The van der Waals surface area contributed by atoms with Gasteiger partial charge in [0.1, 0.15) is 11.9 Å². The molecule has 0 spiro atoms. The summed E-state index contributed by atoms with van der Waals surface area (Å²) >= 11 is 3.26. The minimum atomic E-state index is -4.66. The average Bonchev–Trinajstić information content (AvgIpc) is 2.61. The second-order valence-corrected chi connectivity index (χ2v) is 8.70. The fraction of sp³-hybridized carbons (Fsp3) is 0.294. The number of nitrogens with zero attached hydrogens (tertiary/aromatic N) is 1. The van der Waals surface area contributed by atoms with Gasteiger partial charge >= 0.3 is 6.18 Å². The van der Waals surface area contributed by atoms with E-state index in [9.17, 15) is 21.6 Å². The van der Waals surface area contributed by atoms with E-state index in [2.05, 4.69) is 15.9 Å². The van der Waals surface area contributed by atoms with Gasteiger partial charge in [0.25, 0.3) is 10.0 Å². The van der Waals surface area contributed by atoms with Gasteiger partial charge in [-0.2, -0.15) is 13.2 Å². The van der Waals surface area contributed by atoms with Gasteiger partial charge < -0.3 is 9.84 Å². The van der Waals surface area contributed by atoms with Crippen molar-refractivity contribution in [1.82, 2.24) is 0 Å². The molecule has 1 aliphatic heterocycles. The highest BCUT2D eigenvalue weighted by Crippen LogP contribution is 2.40. The summed E-state index contributed by atoms with van der Waals surface area (Å²) in [4.78, 5) is -0.465. The van der Waals surface area contributed by atoms with Gasteiger partial charge in [0.2, 0.25) is 0 Å². The molecule has 0 aliphatic carbocycles. The number of sulfonamides is 1. The molecule has 1 atom stereocenters. The minimum Gasteiger partial charge on any atom is -0.486 e. The number of aliphatic hydroxyl groups excluding tert-OH is 1. The normalized spacial score (nSPS) is 17.4. The van der Waals surface area contributed by atoms with Gasteiger partial charge in [-0.15, -0.1) is 0 Å². The maximum Gasteiger partial charge on any atom is 0.416 e. The Morgan fingerprint density at radius 3 is 2.63 bits per heavy atom. The van der Waals surface area contributed by atoms with E-state index in [0.717, 1.165) is 22.5 Å². The van der Waals surface area contributed by atoms with Crippen molar-refractivity contribution in [3.8, 4) is 5.75 Å². The van der Waals surface area contributed by atoms with Crippen LogP contribution < -0.4 is 9.04 Å². The van der Waals surface area contributed by atoms with Gasteiger partial charge in [0, 0.05) is 17.5 Å². The Morgan fingerprint density at radius 2 is 1.96 bits per heavy atom. The van der Waals surface area contributed by atoms with Gasteiger partial charge in [-0.3, -0.25) is 4.31 Å². The Kier molecular flexibility index (Phi) is 5.42. The second kappa shape index (κ2) is 7.33. The summed E-state index contributed by atoms with van der Waals surface area (Å²) in [6.07, 6.45) is -5.09. The molecule has 27 heavy (non-hydrogen) atoms. The Balaban J connectivity index is 2.09. The number of hydrogen-bond donors (Lipinski definition) is 1. The topological polar surface area (TPSA) is 66.8 Å². The first-order valence-electron chi connectivity index (χ1n) is 7.90. The van der Waals surface area contributed by atoms with Crippen molar-refractivity contribution in [3.05, 3.63) is 52.5 Å². The Bertz CT molecular complexity index is 949. The minimum absolute atomic E-state index is 0.122. The summed E-state index contributed by atoms with van der Waals surface area (Å²) in [5, 5.41) is 9.16. The molecule has 0 fully saturated rings. The maximum absolute atomic E-state index is 13.1. The van der Waals surface area contributed by atoms with E-state index in [0.29, 0.717) is 10.5 Å². The number of anilines is 1. The van der Waals surface area contributed by atoms with E-state index < -0.39 is 32.8 Å². The van der Waals surface area contributed by atoms with Crippen LogP contribution in [0.5, 0.6) is 5.75 Å². The zero-order valence-electron chi connectivity index (χ0n) is 13.8. The molecule has 146 valence electrons. The van der Waals surface area contributed by atoms with E-state index >= 15 is 0 Å². The molecule has 1 N–H and O–H groups in total. The summed E-state index contributed by atoms with van der Waals surface area (Å²) in [6.45, 7) is -0.337. The summed E-state index contributed by atoms with van der Waals surface area (Å²) in [5.74, 6) is 0.276. The average molecular weight is 466 g/mol. The van der Waals surface area contributed by atoms with Crippen molar-refractivity contribution in [3.63, 3.8) is 0 Å². The van der Waals surface area contributed by atoms with Crippen molar-refractivity contribution < 1.29 is 31.4 Å². The molecule has 0 bridgehead atoms. The van der Waals surface area contributed by atoms with Crippen LogP contribution in [0.1, 0.15) is 12.0 Å². The van der Waals surface area contributed by atoms with E-state index in [1.807, 2.05) is 0 Å². The highest BCUT2D eigenvalue weighted by atomic mass is 79.9. The number of benzene rings is 2. The molecular weight excluding hydrogens is 451 g/mol. The molecule has 0 saturated carbocycles. The molecular formula is C17H15BrF3NO4S. The van der Waals surface area contributed by atoms with E-state index in [1.165, 1.54) is 6.07 Å². The quantitative estimate of drug-likeness (QED) is 0.745. The summed E-state index contributed by atoms with van der Waals surface area (Å²) in [5.41, 5.74) is -0.825. The lowest BCUT2D eigenvalue weighted by Gasteiger charge is -2.35. The SMILES string of the molecule is O=S(=O)(c1cccc(C(F)(F)F)c1)N1C[C@H](CCO)Oc2ccc(Br)cc21. The van der Waals surface area contributed by atoms with Crippen LogP contribution in [-0.2, 0) is 16.2 Å². The molecule has 10 heteroatoms. The summed E-state index contributed by atoms with van der Waals surface area (Å²) in [7, 11) is -4.28. The summed E-state index contributed by atoms with van der Waals surface area (Å²) in [6, 6.07) is 8.37. The van der Waals surface area contributed by atoms with E-state index in [-0.39, 0.29) is 31.0 Å². The van der Waals surface area contributed by atoms with Gasteiger partial charge in [0.15, 0.2) is 0 Å². The Morgan fingerprint density at radius 1 is 1.22 bits per heavy atom. The third-order valence-corrected chi connectivity index (χ3v) is 6.32. The monoisotopic (exact) mass is 465 g/mol. The van der Waals surface area contributed by atoms with Crippen LogP contribution in [0.2, 0.25) is 0 Å².